The molecular formula is C43H44N12O6. The van der Waals surface area contributed by atoms with E-state index in [1.54, 1.807) is 12.1 Å². The molecule has 2 unspecified atom stereocenters. The molecule has 7 amide bonds. The summed E-state index contributed by atoms with van der Waals surface area (Å²) in [6.07, 6.45) is 2.71. The minimum atomic E-state index is -0.998. The molecule has 0 saturated carbocycles. The van der Waals surface area contributed by atoms with E-state index in [-0.39, 0.29) is 47.6 Å². The highest BCUT2D eigenvalue weighted by Gasteiger charge is 2.45. The molecule has 7 heterocycles. The van der Waals surface area contributed by atoms with E-state index in [2.05, 4.69) is 42.8 Å². The number of piperidine rings is 2. The van der Waals surface area contributed by atoms with Crippen molar-refractivity contribution in [2.24, 2.45) is 5.73 Å². The van der Waals surface area contributed by atoms with Crippen molar-refractivity contribution in [3.8, 4) is 0 Å². The number of carbonyl (C=O) groups is 6. The molecule has 6 aliphatic heterocycles. The molecule has 18 nitrogen and oxygen atoms in total. The van der Waals surface area contributed by atoms with Gasteiger partial charge in [0, 0.05) is 81.9 Å². The van der Waals surface area contributed by atoms with Gasteiger partial charge in [-0.25, -0.2) is 4.79 Å². The number of primary amides is 1. The zero-order valence-corrected chi connectivity index (χ0v) is 33.3. The Labute approximate surface area is 350 Å². The van der Waals surface area contributed by atoms with Gasteiger partial charge in [0.15, 0.2) is 11.5 Å². The molecule has 0 radical (unpaired) electrons. The molecule has 4 fully saturated rings. The number of anilines is 5. The smallest absolute Gasteiger partial charge is 0.324 e. The second-order valence-electron chi connectivity index (χ2n) is 16.4. The van der Waals surface area contributed by atoms with E-state index >= 15 is 0 Å². The van der Waals surface area contributed by atoms with Crippen LogP contribution in [0.15, 0.2) is 66.7 Å². The number of urea groups is 1. The largest absolute Gasteiger partial charge is 0.368 e. The summed E-state index contributed by atoms with van der Waals surface area (Å²) in [6.45, 7) is 5.59. The fraction of sp³-hybridized carbons (Fsp3) is 0.372. The first-order valence-corrected chi connectivity index (χ1v) is 20.8. The number of benzene rings is 3. The molecule has 0 spiro atoms. The van der Waals surface area contributed by atoms with Crippen LogP contribution in [0.3, 0.4) is 0 Å². The number of hydrogen-bond donors (Lipinski definition) is 3. The number of imide groups is 2. The van der Waals surface area contributed by atoms with E-state index in [1.807, 2.05) is 57.2 Å². The van der Waals surface area contributed by atoms with Gasteiger partial charge in [-0.05, 0) is 79.3 Å². The van der Waals surface area contributed by atoms with Crippen LogP contribution in [0.5, 0.6) is 0 Å². The molecular weight excluding hydrogens is 781 g/mol. The molecule has 61 heavy (non-hydrogen) atoms. The summed E-state index contributed by atoms with van der Waals surface area (Å²) in [5.74, 6) is -2.22. The van der Waals surface area contributed by atoms with Crippen LogP contribution in [0.1, 0.15) is 68.0 Å². The average molecular weight is 825 g/mol. The first-order valence-electron chi connectivity index (χ1n) is 20.8. The number of nitrogens with one attached hydrogen (secondary N) is 2. The number of nitrogens with zero attached hydrogens (tertiary/aromatic N) is 9. The van der Waals surface area contributed by atoms with Crippen LogP contribution in [0.4, 0.5) is 33.6 Å². The Balaban J connectivity index is 0.771. The number of carbonyl (C=O) groups excluding carboxylic acids is 6. The lowest BCUT2D eigenvalue weighted by atomic mass is 9.95. The van der Waals surface area contributed by atoms with Crippen molar-refractivity contribution in [1.82, 2.24) is 35.2 Å². The van der Waals surface area contributed by atoms with Gasteiger partial charge < -0.3 is 25.8 Å². The van der Waals surface area contributed by atoms with E-state index in [0.717, 1.165) is 67.4 Å². The van der Waals surface area contributed by atoms with E-state index in [4.69, 9.17) is 10.7 Å². The summed E-state index contributed by atoms with van der Waals surface area (Å²) >= 11 is 0. The maximum absolute atomic E-state index is 13.5. The van der Waals surface area contributed by atoms with Gasteiger partial charge >= 0.3 is 6.03 Å². The lowest BCUT2D eigenvalue weighted by molar-refractivity contribution is -0.136. The quantitative estimate of drug-likeness (QED) is 0.207. The number of amides is 7. The van der Waals surface area contributed by atoms with Crippen molar-refractivity contribution in [3.63, 3.8) is 0 Å². The van der Waals surface area contributed by atoms with Crippen LogP contribution in [0.2, 0.25) is 0 Å². The van der Waals surface area contributed by atoms with Crippen LogP contribution in [0, 0.1) is 0 Å². The topological polar surface area (TPSA) is 211 Å². The molecule has 3 aromatic carbocycles. The molecule has 4 saturated heterocycles. The predicted molar refractivity (Wildman–Crippen MR) is 222 cm³/mol. The van der Waals surface area contributed by atoms with E-state index in [0.29, 0.717) is 38.2 Å². The van der Waals surface area contributed by atoms with Crippen LogP contribution in [-0.2, 0) is 22.6 Å². The van der Waals surface area contributed by atoms with Crippen LogP contribution in [-0.4, -0.2) is 129 Å². The number of para-hydroxylation sites is 1. The van der Waals surface area contributed by atoms with Crippen molar-refractivity contribution in [2.45, 2.75) is 56.8 Å². The molecule has 10 rings (SSSR count). The summed E-state index contributed by atoms with van der Waals surface area (Å²) in [5.41, 5.74) is 11.1. The normalized spacial score (nSPS) is 22.0. The molecule has 2 atom stereocenters. The molecule has 312 valence electrons. The first kappa shape index (κ1) is 38.3. The molecule has 1 aromatic heterocycles. The minimum Gasteiger partial charge on any atom is -0.368 e. The Bertz CT molecular complexity index is 2490. The Kier molecular flexibility index (Phi) is 9.57. The van der Waals surface area contributed by atoms with Crippen molar-refractivity contribution >= 4 is 64.4 Å². The number of fused-ring (bicyclic) bond motifs is 2. The highest BCUT2D eigenvalue weighted by molar-refractivity contribution is 6.23. The van der Waals surface area contributed by atoms with E-state index in [1.165, 1.54) is 11.1 Å². The van der Waals surface area contributed by atoms with Crippen LogP contribution < -0.4 is 31.1 Å². The molecule has 0 aliphatic carbocycles. The molecule has 0 bridgehead atoms. The maximum atomic E-state index is 13.5. The third kappa shape index (κ3) is 6.95. The Morgan fingerprint density at radius 3 is 2.36 bits per heavy atom. The molecule has 4 aromatic rings. The third-order valence-corrected chi connectivity index (χ3v) is 12.8. The summed E-state index contributed by atoms with van der Waals surface area (Å²) in [7, 11) is 0. The monoisotopic (exact) mass is 824 g/mol. The zero-order chi connectivity index (χ0) is 41.9. The fourth-order valence-corrected chi connectivity index (χ4v) is 9.49. The van der Waals surface area contributed by atoms with Gasteiger partial charge in [-0.1, -0.05) is 24.3 Å². The first-order chi connectivity index (χ1) is 29.6. The third-order valence-electron chi connectivity index (χ3n) is 12.8. The number of rotatable bonds is 9. The van der Waals surface area contributed by atoms with Crippen molar-refractivity contribution < 1.29 is 28.8 Å². The van der Waals surface area contributed by atoms with E-state index < -0.39 is 35.6 Å². The summed E-state index contributed by atoms with van der Waals surface area (Å²) in [6, 6.07) is 20.3. The number of hydrogen-bond acceptors (Lipinski definition) is 13. The van der Waals surface area contributed by atoms with Gasteiger partial charge in [0.1, 0.15) is 6.04 Å². The second kappa shape index (κ2) is 15.3. The second-order valence-corrected chi connectivity index (χ2v) is 16.4. The van der Waals surface area contributed by atoms with Crippen LogP contribution in [0.25, 0.3) is 0 Å². The Morgan fingerprint density at radius 1 is 0.754 bits per heavy atom. The van der Waals surface area contributed by atoms with Gasteiger partial charge in [-0.15, -0.1) is 10.2 Å². The maximum Gasteiger partial charge on any atom is 0.324 e. The van der Waals surface area contributed by atoms with Crippen molar-refractivity contribution in [3.05, 3.63) is 94.7 Å². The van der Waals surface area contributed by atoms with Crippen molar-refractivity contribution in [2.75, 3.05) is 65.8 Å². The van der Waals surface area contributed by atoms with E-state index in [9.17, 15) is 28.8 Å². The molecule has 4 N–H and O–H groups in total. The Hall–Kier alpha value is -6.95. The van der Waals surface area contributed by atoms with Crippen molar-refractivity contribution in [1.29, 1.82) is 0 Å². The highest BCUT2D eigenvalue weighted by atomic mass is 16.2. The summed E-state index contributed by atoms with van der Waals surface area (Å²) in [5, 5.41) is 14.0. The summed E-state index contributed by atoms with van der Waals surface area (Å²) < 4.78 is 0. The molecule has 6 aliphatic rings. The van der Waals surface area contributed by atoms with Gasteiger partial charge in [-0.3, -0.25) is 44.0 Å². The van der Waals surface area contributed by atoms with Gasteiger partial charge in [0.05, 0.1) is 17.2 Å². The summed E-state index contributed by atoms with van der Waals surface area (Å²) in [4.78, 5) is 92.7. The highest BCUT2D eigenvalue weighted by Crippen LogP contribution is 2.35. The minimum absolute atomic E-state index is 0.00938. The van der Waals surface area contributed by atoms with Gasteiger partial charge in [0.25, 0.3) is 17.7 Å². The Morgan fingerprint density at radius 2 is 1.56 bits per heavy atom. The SMILES string of the molecule is NC(=O)c1nnc(N2CCCC(N3CCN(c4ccccc4)C3=O)C2)nc1Nc1ccc2c(c1)CCN(C1CN(c3ccc4c(c3)C(=O)N(C3CCC(=O)NC3=O)C4=O)C1)C2. The average Bonchev–Trinajstić information content (AvgIpc) is 3.75. The van der Waals surface area contributed by atoms with Crippen LogP contribution >= 0.6 is 0 Å². The predicted octanol–water partition coefficient (Wildman–Crippen LogP) is 2.27. The molecule has 18 heteroatoms. The van der Waals surface area contributed by atoms with Gasteiger partial charge in [0.2, 0.25) is 17.8 Å². The lowest BCUT2D eigenvalue weighted by Gasteiger charge is -2.48. The zero-order valence-electron chi connectivity index (χ0n) is 33.3. The lowest BCUT2D eigenvalue weighted by Crippen LogP contribution is -2.60. The number of aromatic nitrogens is 3. The fourth-order valence-electron chi connectivity index (χ4n) is 9.49. The number of nitrogens with two attached hydrogens (primary N) is 1. The van der Waals surface area contributed by atoms with Gasteiger partial charge in [-0.2, -0.15) is 4.98 Å². The standard InChI is InChI=1S/C43H44N12O6/c44-37(57)36-38(47-42(49-48-36)51-15-4-7-30(22-51)54-18-17-53(43(54)61)28-5-2-1-3-6-28)45-27-9-8-26-21-50(16-14-25(26)19-27)31-23-52(24-31)29-10-11-32-33(20-29)41(60)55(40(32)59)34-12-13-35(56)46-39(34)58/h1-3,5-6,8-11,19-20,30-31,34H,4,7,12-18,21-24H2,(H2,44,57)(H,45,47,49)(H,46,56,58).